The van der Waals surface area contributed by atoms with Gasteiger partial charge in [0.05, 0.1) is 17.8 Å². The van der Waals surface area contributed by atoms with E-state index >= 15 is 0 Å². The zero-order chi connectivity index (χ0) is 14.9. The standard InChI is InChI=1S/C15H20ClN3O/c1-9-12(10(2)19(3)18-9)8-14(17)11-5-6-13(16)15(7-11)20-4/h5-7,14H,8,17H2,1-4H3. The molecule has 4 nitrogen and oxygen atoms in total. The second kappa shape index (κ2) is 5.85. The summed E-state index contributed by atoms with van der Waals surface area (Å²) in [6, 6.07) is 5.55. The molecule has 20 heavy (non-hydrogen) atoms. The van der Waals surface area contributed by atoms with Crippen molar-refractivity contribution >= 4 is 11.6 Å². The first-order valence-electron chi connectivity index (χ1n) is 6.52. The molecule has 1 aromatic carbocycles. The zero-order valence-corrected chi connectivity index (χ0v) is 13.0. The molecule has 1 unspecified atom stereocenters. The van der Waals surface area contributed by atoms with Crippen LogP contribution in [0.2, 0.25) is 5.02 Å². The topological polar surface area (TPSA) is 53.1 Å². The van der Waals surface area contributed by atoms with Crippen LogP contribution in [0.1, 0.15) is 28.6 Å². The van der Waals surface area contributed by atoms with Gasteiger partial charge in [-0.3, -0.25) is 4.68 Å². The lowest BCUT2D eigenvalue weighted by Gasteiger charge is -2.14. The van der Waals surface area contributed by atoms with E-state index in [1.807, 2.05) is 36.9 Å². The fourth-order valence-corrected chi connectivity index (χ4v) is 2.55. The second-order valence-electron chi connectivity index (χ2n) is 4.98. The number of nitrogens with zero attached hydrogens (tertiary/aromatic N) is 2. The Morgan fingerprint density at radius 2 is 2.10 bits per heavy atom. The first kappa shape index (κ1) is 14.9. The molecule has 0 aliphatic carbocycles. The van der Waals surface area contributed by atoms with Crippen molar-refractivity contribution in [3.8, 4) is 5.75 Å². The van der Waals surface area contributed by atoms with Crippen LogP contribution in [-0.4, -0.2) is 16.9 Å². The molecule has 0 saturated heterocycles. The summed E-state index contributed by atoms with van der Waals surface area (Å²) in [5.74, 6) is 0.652. The van der Waals surface area contributed by atoms with Gasteiger partial charge in [0.2, 0.25) is 0 Å². The Labute approximate surface area is 124 Å². The van der Waals surface area contributed by atoms with Crippen LogP contribution < -0.4 is 10.5 Å². The van der Waals surface area contributed by atoms with Crippen molar-refractivity contribution in [1.82, 2.24) is 9.78 Å². The van der Waals surface area contributed by atoms with Crippen LogP contribution in [-0.2, 0) is 13.5 Å². The number of aromatic nitrogens is 2. The second-order valence-corrected chi connectivity index (χ2v) is 5.38. The monoisotopic (exact) mass is 293 g/mol. The van der Waals surface area contributed by atoms with Crippen molar-refractivity contribution < 1.29 is 4.74 Å². The number of aryl methyl sites for hydroxylation is 2. The number of rotatable bonds is 4. The molecule has 0 saturated carbocycles. The third kappa shape index (κ3) is 2.81. The Balaban J connectivity index is 2.26. The maximum absolute atomic E-state index is 6.31. The lowest BCUT2D eigenvalue weighted by Crippen LogP contribution is -2.14. The number of hydrogen-bond donors (Lipinski definition) is 1. The molecule has 1 atom stereocenters. The molecule has 0 amide bonds. The highest BCUT2D eigenvalue weighted by molar-refractivity contribution is 6.32. The quantitative estimate of drug-likeness (QED) is 0.943. The number of methoxy groups -OCH3 is 1. The van der Waals surface area contributed by atoms with Crippen molar-refractivity contribution in [1.29, 1.82) is 0 Å². The van der Waals surface area contributed by atoms with Crippen molar-refractivity contribution in [3.05, 3.63) is 45.7 Å². The first-order valence-corrected chi connectivity index (χ1v) is 6.90. The fraction of sp³-hybridized carbons (Fsp3) is 0.400. The van der Waals surface area contributed by atoms with Crippen LogP contribution in [0.4, 0.5) is 0 Å². The van der Waals surface area contributed by atoms with Gasteiger partial charge < -0.3 is 10.5 Å². The van der Waals surface area contributed by atoms with Gasteiger partial charge in [0, 0.05) is 18.8 Å². The average molecular weight is 294 g/mol. The molecule has 0 radical (unpaired) electrons. The third-order valence-electron chi connectivity index (χ3n) is 3.69. The molecule has 2 N–H and O–H groups in total. The van der Waals surface area contributed by atoms with Crippen molar-refractivity contribution in [3.63, 3.8) is 0 Å². The van der Waals surface area contributed by atoms with Crippen molar-refractivity contribution in [2.75, 3.05) is 7.11 Å². The summed E-state index contributed by atoms with van der Waals surface area (Å²) in [5, 5.41) is 5.02. The third-order valence-corrected chi connectivity index (χ3v) is 4.00. The van der Waals surface area contributed by atoms with E-state index in [2.05, 4.69) is 12.0 Å². The molecule has 2 aromatic rings. The Kier molecular flexibility index (Phi) is 4.35. The minimum absolute atomic E-state index is 0.109. The Hall–Kier alpha value is -1.52. The van der Waals surface area contributed by atoms with Crippen LogP contribution in [0.15, 0.2) is 18.2 Å². The van der Waals surface area contributed by atoms with Gasteiger partial charge in [0.1, 0.15) is 5.75 Å². The molecule has 2 rings (SSSR count). The molecule has 108 valence electrons. The smallest absolute Gasteiger partial charge is 0.137 e. The largest absolute Gasteiger partial charge is 0.495 e. The molecule has 1 aromatic heterocycles. The predicted molar refractivity (Wildman–Crippen MR) is 81.3 cm³/mol. The van der Waals surface area contributed by atoms with E-state index in [9.17, 15) is 0 Å². The Bertz CT molecular complexity index is 622. The lowest BCUT2D eigenvalue weighted by molar-refractivity contribution is 0.414. The van der Waals surface area contributed by atoms with Crippen LogP contribution in [0, 0.1) is 13.8 Å². The van der Waals surface area contributed by atoms with Gasteiger partial charge in [-0.15, -0.1) is 0 Å². The highest BCUT2D eigenvalue weighted by atomic mass is 35.5. The molecule has 0 spiro atoms. The average Bonchev–Trinajstić information content (AvgIpc) is 2.66. The van der Waals surface area contributed by atoms with Gasteiger partial charge in [0.15, 0.2) is 0 Å². The normalized spacial score (nSPS) is 12.5. The molecule has 1 heterocycles. The molecular formula is C15H20ClN3O. The van der Waals surface area contributed by atoms with E-state index in [1.165, 1.54) is 5.56 Å². The number of benzene rings is 1. The number of ether oxygens (including phenoxy) is 1. The van der Waals surface area contributed by atoms with Crippen LogP contribution in [0.3, 0.4) is 0 Å². The van der Waals surface area contributed by atoms with Gasteiger partial charge >= 0.3 is 0 Å². The maximum Gasteiger partial charge on any atom is 0.137 e. The molecule has 0 aliphatic rings. The minimum Gasteiger partial charge on any atom is -0.495 e. The highest BCUT2D eigenvalue weighted by Crippen LogP contribution is 2.29. The Morgan fingerprint density at radius 1 is 1.40 bits per heavy atom. The van der Waals surface area contributed by atoms with Gasteiger partial charge in [-0.05, 0) is 43.5 Å². The number of hydrogen-bond acceptors (Lipinski definition) is 3. The van der Waals surface area contributed by atoms with Gasteiger partial charge in [-0.1, -0.05) is 17.7 Å². The summed E-state index contributed by atoms with van der Waals surface area (Å²) in [7, 11) is 3.55. The maximum atomic E-state index is 6.31. The summed E-state index contributed by atoms with van der Waals surface area (Å²) in [6.45, 7) is 4.07. The predicted octanol–water partition coefficient (Wildman–Crippen LogP) is 2.94. The van der Waals surface area contributed by atoms with E-state index in [1.54, 1.807) is 7.11 Å². The number of nitrogens with two attached hydrogens (primary N) is 1. The molecule has 0 fully saturated rings. The minimum atomic E-state index is -0.109. The molecule has 5 heteroatoms. The van der Waals surface area contributed by atoms with Crippen LogP contribution in [0.25, 0.3) is 0 Å². The number of halogens is 1. The SMILES string of the molecule is COc1cc(C(N)Cc2c(C)nn(C)c2C)ccc1Cl. The summed E-state index contributed by atoms with van der Waals surface area (Å²) in [4.78, 5) is 0. The van der Waals surface area contributed by atoms with E-state index < -0.39 is 0 Å². The van der Waals surface area contributed by atoms with Crippen molar-refractivity contribution in [2.24, 2.45) is 12.8 Å². The van der Waals surface area contributed by atoms with Gasteiger partial charge in [-0.25, -0.2) is 0 Å². The summed E-state index contributed by atoms with van der Waals surface area (Å²) in [6.07, 6.45) is 0.746. The van der Waals surface area contributed by atoms with Crippen molar-refractivity contribution in [2.45, 2.75) is 26.3 Å². The molecule has 0 bridgehead atoms. The van der Waals surface area contributed by atoms with Gasteiger partial charge in [0.25, 0.3) is 0 Å². The van der Waals surface area contributed by atoms with Crippen LogP contribution in [0.5, 0.6) is 5.75 Å². The summed E-state index contributed by atoms with van der Waals surface area (Å²) >= 11 is 6.04. The molecule has 0 aliphatic heterocycles. The fourth-order valence-electron chi connectivity index (χ4n) is 2.36. The zero-order valence-electron chi connectivity index (χ0n) is 12.3. The van der Waals surface area contributed by atoms with E-state index in [0.29, 0.717) is 10.8 Å². The first-order chi connectivity index (χ1) is 9.43. The van der Waals surface area contributed by atoms with Crippen LogP contribution >= 0.6 is 11.6 Å². The summed E-state index contributed by atoms with van der Waals surface area (Å²) < 4.78 is 7.12. The Morgan fingerprint density at radius 3 is 2.65 bits per heavy atom. The molecular weight excluding hydrogens is 274 g/mol. The highest BCUT2D eigenvalue weighted by Gasteiger charge is 2.15. The summed E-state index contributed by atoms with van der Waals surface area (Å²) in [5.41, 5.74) is 10.7. The van der Waals surface area contributed by atoms with E-state index in [-0.39, 0.29) is 6.04 Å². The lowest BCUT2D eigenvalue weighted by atomic mass is 9.98. The van der Waals surface area contributed by atoms with Gasteiger partial charge in [-0.2, -0.15) is 5.10 Å². The van der Waals surface area contributed by atoms with E-state index in [0.717, 1.165) is 23.4 Å². The van der Waals surface area contributed by atoms with E-state index in [4.69, 9.17) is 22.1 Å².